The first-order valence-corrected chi connectivity index (χ1v) is 7.67. The molecule has 1 aliphatic heterocycles. The second kappa shape index (κ2) is 5.20. The molecule has 1 atom stereocenters. The van der Waals surface area contributed by atoms with Crippen molar-refractivity contribution in [1.29, 1.82) is 0 Å². The molecular weight excluding hydrogens is 226 g/mol. The maximum absolute atomic E-state index is 12.1. The number of hydrogen-bond acceptors (Lipinski definition) is 2. The molecule has 2 saturated carbocycles. The third-order valence-corrected chi connectivity index (χ3v) is 5.06. The zero-order chi connectivity index (χ0) is 12.4. The van der Waals surface area contributed by atoms with Crippen molar-refractivity contribution in [2.75, 3.05) is 13.2 Å². The van der Waals surface area contributed by atoms with Gasteiger partial charge in [-0.3, -0.25) is 4.79 Å². The SMILES string of the molecule is O=C(CC1CCOC1)NC1(C2CCCCC2)CC1. The number of ether oxygens (including phenoxy) is 1. The Kier molecular flexibility index (Phi) is 3.60. The fourth-order valence-corrected chi connectivity index (χ4v) is 3.76. The predicted molar refractivity (Wildman–Crippen MR) is 70.2 cm³/mol. The third kappa shape index (κ3) is 2.71. The van der Waals surface area contributed by atoms with Crippen LogP contribution in [0.5, 0.6) is 0 Å². The zero-order valence-electron chi connectivity index (χ0n) is 11.2. The lowest BCUT2D eigenvalue weighted by Crippen LogP contribution is -2.43. The van der Waals surface area contributed by atoms with E-state index in [2.05, 4.69) is 5.32 Å². The first-order chi connectivity index (χ1) is 8.78. The third-order valence-electron chi connectivity index (χ3n) is 5.06. The van der Waals surface area contributed by atoms with E-state index in [0.717, 1.165) is 25.6 Å². The Balaban J connectivity index is 1.49. The highest BCUT2D eigenvalue weighted by Crippen LogP contribution is 2.48. The average Bonchev–Trinajstić information content (AvgIpc) is 2.98. The molecule has 0 aromatic carbocycles. The molecule has 3 heteroatoms. The van der Waals surface area contributed by atoms with Crippen molar-refractivity contribution in [1.82, 2.24) is 5.32 Å². The Morgan fingerprint density at radius 3 is 2.56 bits per heavy atom. The smallest absolute Gasteiger partial charge is 0.220 e. The van der Waals surface area contributed by atoms with Crippen molar-refractivity contribution in [2.24, 2.45) is 11.8 Å². The Hall–Kier alpha value is -0.570. The van der Waals surface area contributed by atoms with E-state index in [1.54, 1.807) is 0 Å². The van der Waals surface area contributed by atoms with Crippen LogP contribution in [-0.4, -0.2) is 24.7 Å². The minimum atomic E-state index is 0.205. The lowest BCUT2D eigenvalue weighted by molar-refractivity contribution is -0.123. The highest BCUT2D eigenvalue weighted by Gasteiger charge is 2.50. The Bertz CT molecular complexity index is 300. The van der Waals surface area contributed by atoms with Gasteiger partial charge in [0.2, 0.25) is 5.91 Å². The summed E-state index contributed by atoms with van der Waals surface area (Å²) in [6, 6.07) is 0. The largest absolute Gasteiger partial charge is 0.381 e. The minimum Gasteiger partial charge on any atom is -0.381 e. The van der Waals surface area contributed by atoms with Crippen molar-refractivity contribution in [2.45, 2.75) is 63.3 Å². The van der Waals surface area contributed by atoms with Crippen molar-refractivity contribution in [3.05, 3.63) is 0 Å². The van der Waals surface area contributed by atoms with Crippen molar-refractivity contribution >= 4 is 5.91 Å². The van der Waals surface area contributed by atoms with Gasteiger partial charge in [0.15, 0.2) is 0 Å². The summed E-state index contributed by atoms with van der Waals surface area (Å²) in [5.74, 6) is 1.50. The summed E-state index contributed by atoms with van der Waals surface area (Å²) in [4.78, 5) is 12.1. The van der Waals surface area contributed by atoms with Gasteiger partial charge in [-0.1, -0.05) is 19.3 Å². The summed E-state index contributed by atoms with van der Waals surface area (Å²) in [5.41, 5.74) is 0.205. The van der Waals surface area contributed by atoms with Crippen LogP contribution in [0.4, 0.5) is 0 Å². The van der Waals surface area contributed by atoms with Gasteiger partial charge in [0.1, 0.15) is 0 Å². The van der Waals surface area contributed by atoms with Gasteiger partial charge in [-0.25, -0.2) is 0 Å². The lowest BCUT2D eigenvalue weighted by Gasteiger charge is -2.31. The van der Waals surface area contributed by atoms with E-state index in [1.807, 2.05) is 0 Å². The van der Waals surface area contributed by atoms with Crippen LogP contribution in [0.25, 0.3) is 0 Å². The van der Waals surface area contributed by atoms with E-state index in [1.165, 1.54) is 44.9 Å². The van der Waals surface area contributed by atoms with Crippen molar-refractivity contribution in [3.63, 3.8) is 0 Å². The monoisotopic (exact) mass is 251 g/mol. The maximum atomic E-state index is 12.1. The van der Waals surface area contributed by atoms with Crippen LogP contribution in [0.15, 0.2) is 0 Å². The van der Waals surface area contributed by atoms with Gasteiger partial charge >= 0.3 is 0 Å². The fraction of sp³-hybridized carbons (Fsp3) is 0.933. The standard InChI is InChI=1S/C15H25NO2/c17-14(10-12-6-9-18-11-12)16-15(7-8-15)13-4-2-1-3-5-13/h12-13H,1-11H2,(H,16,17). The molecule has 0 radical (unpaired) electrons. The number of rotatable bonds is 4. The number of carbonyl (C=O) groups is 1. The number of nitrogens with one attached hydrogen (secondary N) is 1. The van der Waals surface area contributed by atoms with Gasteiger partial charge < -0.3 is 10.1 Å². The molecule has 1 heterocycles. The van der Waals surface area contributed by atoms with Crippen LogP contribution in [-0.2, 0) is 9.53 Å². The molecule has 3 nitrogen and oxygen atoms in total. The molecule has 1 N–H and O–H groups in total. The van der Waals surface area contributed by atoms with Gasteiger partial charge in [-0.05, 0) is 43.9 Å². The second-order valence-electron chi connectivity index (χ2n) is 6.47. The molecule has 3 fully saturated rings. The molecule has 3 rings (SSSR count). The van der Waals surface area contributed by atoms with Gasteiger partial charge in [-0.15, -0.1) is 0 Å². The second-order valence-corrected chi connectivity index (χ2v) is 6.47. The lowest BCUT2D eigenvalue weighted by atomic mass is 9.82. The molecule has 0 aromatic heterocycles. The van der Waals surface area contributed by atoms with Crippen LogP contribution in [0, 0.1) is 11.8 Å². The molecule has 0 spiro atoms. The number of hydrogen-bond donors (Lipinski definition) is 1. The average molecular weight is 251 g/mol. The summed E-state index contributed by atoms with van der Waals surface area (Å²) >= 11 is 0. The molecule has 1 unspecified atom stereocenters. The normalized spacial score (nSPS) is 31.2. The maximum Gasteiger partial charge on any atom is 0.220 e. The quantitative estimate of drug-likeness (QED) is 0.834. The molecule has 1 amide bonds. The summed E-state index contributed by atoms with van der Waals surface area (Å²) in [6.45, 7) is 1.62. The molecule has 0 bridgehead atoms. The van der Waals surface area contributed by atoms with E-state index in [9.17, 15) is 4.79 Å². The van der Waals surface area contributed by atoms with E-state index in [-0.39, 0.29) is 11.4 Å². The Labute approximate surface area is 110 Å². The highest BCUT2D eigenvalue weighted by atomic mass is 16.5. The minimum absolute atomic E-state index is 0.205. The summed E-state index contributed by atoms with van der Waals surface area (Å²) in [5, 5.41) is 3.37. The molecule has 0 aromatic rings. The van der Waals surface area contributed by atoms with Gasteiger partial charge in [0.25, 0.3) is 0 Å². The van der Waals surface area contributed by atoms with Gasteiger partial charge in [-0.2, -0.15) is 0 Å². The van der Waals surface area contributed by atoms with E-state index < -0.39 is 0 Å². The molecule has 18 heavy (non-hydrogen) atoms. The molecule has 3 aliphatic rings. The van der Waals surface area contributed by atoms with Crippen LogP contribution in [0.2, 0.25) is 0 Å². The topological polar surface area (TPSA) is 38.3 Å². The van der Waals surface area contributed by atoms with Crippen molar-refractivity contribution in [3.8, 4) is 0 Å². The van der Waals surface area contributed by atoms with E-state index in [0.29, 0.717) is 12.3 Å². The number of carbonyl (C=O) groups excluding carboxylic acids is 1. The predicted octanol–water partition coefficient (Wildman–Crippen LogP) is 2.64. The molecule has 102 valence electrons. The van der Waals surface area contributed by atoms with Crippen molar-refractivity contribution < 1.29 is 9.53 Å². The van der Waals surface area contributed by atoms with E-state index in [4.69, 9.17) is 4.74 Å². The summed E-state index contributed by atoms with van der Waals surface area (Å²) in [7, 11) is 0. The molecular formula is C15H25NO2. The number of amides is 1. The highest BCUT2D eigenvalue weighted by molar-refractivity contribution is 5.77. The zero-order valence-corrected chi connectivity index (χ0v) is 11.2. The summed E-state index contributed by atoms with van der Waals surface area (Å²) < 4.78 is 5.34. The van der Waals surface area contributed by atoms with Crippen LogP contribution >= 0.6 is 0 Å². The fourth-order valence-electron chi connectivity index (χ4n) is 3.76. The molecule has 1 saturated heterocycles. The van der Waals surface area contributed by atoms with Crippen LogP contribution < -0.4 is 5.32 Å². The van der Waals surface area contributed by atoms with Crippen LogP contribution in [0.1, 0.15) is 57.8 Å². The first kappa shape index (κ1) is 12.5. The Morgan fingerprint density at radius 1 is 1.17 bits per heavy atom. The molecule has 2 aliphatic carbocycles. The van der Waals surface area contributed by atoms with E-state index >= 15 is 0 Å². The summed E-state index contributed by atoms with van der Waals surface area (Å²) in [6.07, 6.45) is 10.9. The Morgan fingerprint density at radius 2 is 1.94 bits per heavy atom. The van der Waals surface area contributed by atoms with Gasteiger partial charge in [0, 0.05) is 25.2 Å². The van der Waals surface area contributed by atoms with Gasteiger partial charge in [0.05, 0.1) is 0 Å². The first-order valence-electron chi connectivity index (χ1n) is 7.67. The van der Waals surface area contributed by atoms with Crippen LogP contribution in [0.3, 0.4) is 0 Å².